The zero-order valence-electron chi connectivity index (χ0n) is 31.7. The van der Waals surface area contributed by atoms with E-state index in [2.05, 4.69) is 214 Å². The predicted molar refractivity (Wildman–Crippen MR) is 253 cm³/mol. The van der Waals surface area contributed by atoms with E-state index < -0.39 is 0 Å². The Hall–Kier alpha value is -7.05. The van der Waals surface area contributed by atoms with Crippen LogP contribution in [0.1, 0.15) is 0 Å². The van der Waals surface area contributed by atoms with Gasteiger partial charge >= 0.3 is 0 Å². The molecule has 0 unspecified atom stereocenters. The first kappa shape index (κ1) is 33.0. The normalized spacial score (nSPS) is 12.1. The Balaban J connectivity index is 0.988. The van der Waals surface area contributed by atoms with Crippen LogP contribution >= 0.6 is 23.1 Å². The fourth-order valence-corrected chi connectivity index (χ4v) is 11.9. The van der Waals surface area contributed by atoms with Gasteiger partial charge in [-0.05, 0) is 91.0 Å². The molecule has 4 aromatic heterocycles. The van der Waals surface area contributed by atoms with E-state index in [9.17, 15) is 0 Å². The molecule has 0 saturated carbocycles. The number of para-hydroxylation sites is 4. The minimum atomic E-state index is 1.14. The van der Waals surface area contributed by atoms with Crippen molar-refractivity contribution in [2.75, 3.05) is 0 Å². The molecule has 59 heavy (non-hydrogen) atoms. The summed E-state index contributed by atoms with van der Waals surface area (Å²) in [6.45, 7) is 0. The van der Waals surface area contributed by atoms with Gasteiger partial charge in [0.05, 0.1) is 33.1 Å². The molecule has 0 aliphatic rings. The second-order valence-corrected chi connectivity index (χ2v) is 17.4. The second kappa shape index (κ2) is 12.7. The van der Waals surface area contributed by atoms with Crippen LogP contribution in [0.5, 0.6) is 0 Å². The molecule has 0 fully saturated rings. The van der Waals surface area contributed by atoms with Crippen LogP contribution in [0.2, 0.25) is 0 Å². The highest BCUT2D eigenvalue weighted by molar-refractivity contribution is 7.99. The third-order valence-corrected chi connectivity index (χ3v) is 14.4. The van der Waals surface area contributed by atoms with E-state index in [1.54, 1.807) is 0 Å². The van der Waals surface area contributed by atoms with Gasteiger partial charge in [-0.2, -0.15) is 0 Å². The summed E-state index contributed by atoms with van der Waals surface area (Å²) in [5.74, 6) is 0. The Bertz CT molecular complexity index is 3790. The fourth-order valence-electron chi connectivity index (χ4n) is 9.64. The van der Waals surface area contributed by atoms with E-state index in [1.807, 2.05) is 23.1 Å². The average Bonchev–Trinajstić information content (AvgIpc) is 4.03. The van der Waals surface area contributed by atoms with Crippen LogP contribution in [0.4, 0.5) is 0 Å². The summed E-state index contributed by atoms with van der Waals surface area (Å²) in [4.78, 5) is 2.49. The Kier molecular flexibility index (Phi) is 7.11. The summed E-state index contributed by atoms with van der Waals surface area (Å²) in [5, 5.41) is 10.2. The molecular formula is C54H33N3S2. The molecule has 3 nitrogen and oxygen atoms in total. The lowest BCUT2D eigenvalue weighted by Gasteiger charge is -2.13. The van der Waals surface area contributed by atoms with Crippen molar-refractivity contribution in [3.63, 3.8) is 0 Å². The van der Waals surface area contributed by atoms with Crippen LogP contribution in [0, 0.1) is 0 Å². The third-order valence-electron chi connectivity index (χ3n) is 12.1. The largest absolute Gasteiger partial charge is 0.309 e. The number of benzene rings is 9. The van der Waals surface area contributed by atoms with Crippen LogP contribution in [0.3, 0.4) is 0 Å². The molecule has 13 rings (SSSR count). The fraction of sp³-hybridized carbons (Fsp3) is 0. The lowest BCUT2D eigenvalue weighted by atomic mass is 10.1. The Morgan fingerprint density at radius 3 is 1.27 bits per heavy atom. The van der Waals surface area contributed by atoms with Crippen LogP contribution in [0.15, 0.2) is 210 Å². The molecule has 0 radical (unpaired) electrons. The van der Waals surface area contributed by atoms with Crippen LogP contribution in [-0.2, 0) is 0 Å². The highest BCUT2D eigenvalue weighted by Crippen LogP contribution is 2.46. The summed E-state index contributed by atoms with van der Waals surface area (Å²) in [7, 11) is 0. The van der Waals surface area contributed by atoms with Gasteiger partial charge < -0.3 is 13.7 Å². The van der Waals surface area contributed by atoms with Gasteiger partial charge in [0.2, 0.25) is 0 Å². The standard InChI is InChI=1S/C54H33N3S2/c1-6-21-43-37(16-1)38-17-2-7-22-44(38)55(43)34-14-11-15-35(32-34)56-45-23-8-3-19-40(45)53-47(56)25-12-28-51(53)59-52-29-13-26-48-54(52)41-20-4-9-24-46(41)57(48)36-30-31-50-42(33-36)39-18-5-10-27-49(39)58-50/h1-33H. The number of nitrogens with zero attached hydrogens (tertiary/aromatic N) is 3. The van der Waals surface area contributed by atoms with E-state index in [-0.39, 0.29) is 0 Å². The number of hydrogen-bond acceptors (Lipinski definition) is 2. The topological polar surface area (TPSA) is 14.8 Å². The van der Waals surface area contributed by atoms with E-state index >= 15 is 0 Å². The summed E-state index contributed by atoms with van der Waals surface area (Å²) < 4.78 is 9.95. The molecular weight excluding hydrogens is 755 g/mol. The van der Waals surface area contributed by atoms with Crippen molar-refractivity contribution < 1.29 is 0 Å². The molecule has 0 N–H and O–H groups in total. The first-order chi connectivity index (χ1) is 29.3. The van der Waals surface area contributed by atoms with Crippen molar-refractivity contribution >= 4 is 109 Å². The molecule has 0 bridgehead atoms. The maximum Gasteiger partial charge on any atom is 0.0552 e. The van der Waals surface area contributed by atoms with E-state index in [0.717, 1.165) is 11.4 Å². The van der Waals surface area contributed by atoms with Crippen molar-refractivity contribution in [2.45, 2.75) is 9.79 Å². The monoisotopic (exact) mass is 787 g/mol. The van der Waals surface area contributed by atoms with Gasteiger partial charge in [0.15, 0.2) is 0 Å². The van der Waals surface area contributed by atoms with Gasteiger partial charge in [0.25, 0.3) is 0 Å². The molecule has 13 aromatic rings. The zero-order chi connectivity index (χ0) is 38.6. The summed E-state index contributed by atoms with van der Waals surface area (Å²) in [6.07, 6.45) is 0. The maximum absolute atomic E-state index is 2.46. The Labute approximate surface area is 347 Å². The summed E-state index contributed by atoms with van der Waals surface area (Å²) in [5.41, 5.74) is 10.7. The first-order valence-electron chi connectivity index (χ1n) is 20.0. The molecule has 276 valence electrons. The van der Waals surface area contributed by atoms with Crippen LogP contribution < -0.4 is 0 Å². The van der Waals surface area contributed by atoms with E-state index in [1.165, 1.54) is 101 Å². The molecule has 0 atom stereocenters. The van der Waals surface area contributed by atoms with Gasteiger partial charge in [-0.15, -0.1) is 11.3 Å². The molecule has 0 aliphatic carbocycles. The SMILES string of the molecule is c1cc(-n2c3ccccc3c3ccccc32)cc(-n2c3ccccc3c3c(Sc4cccc5c4c4ccccc4n5-c4ccc5sc6ccccc6c5c4)cccc32)c1. The molecule has 0 spiro atoms. The number of hydrogen-bond donors (Lipinski definition) is 0. The van der Waals surface area contributed by atoms with Crippen LogP contribution in [-0.4, -0.2) is 13.7 Å². The highest BCUT2D eigenvalue weighted by atomic mass is 32.2. The number of fused-ring (bicyclic) bond motifs is 12. The quantitative estimate of drug-likeness (QED) is 0.170. The van der Waals surface area contributed by atoms with Gasteiger partial charge in [0.1, 0.15) is 0 Å². The number of rotatable bonds is 5. The van der Waals surface area contributed by atoms with Crippen molar-refractivity contribution in [3.8, 4) is 17.1 Å². The second-order valence-electron chi connectivity index (χ2n) is 15.3. The molecule has 9 aromatic carbocycles. The smallest absolute Gasteiger partial charge is 0.0552 e. The number of aromatic nitrogens is 3. The zero-order valence-corrected chi connectivity index (χ0v) is 33.3. The van der Waals surface area contributed by atoms with Gasteiger partial charge in [-0.1, -0.05) is 121 Å². The van der Waals surface area contributed by atoms with Gasteiger partial charge in [-0.3, -0.25) is 0 Å². The third kappa shape index (κ3) is 4.83. The average molecular weight is 788 g/mol. The Morgan fingerprint density at radius 2 is 0.695 bits per heavy atom. The van der Waals surface area contributed by atoms with E-state index in [4.69, 9.17) is 0 Å². The predicted octanol–water partition coefficient (Wildman–Crippen LogP) is 15.5. The molecule has 5 heteroatoms. The molecule has 0 saturated heterocycles. The first-order valence-corrected chi connectivity index (χ1v) is 21.6. The van der Waals surface area contributed by atoms with Crippen LogP contribution in [0.25, 0.3) is 103 Å². The van der Waals surface area contributed by atoms with Gasteiger partial charge in [-0.25, -0.2) is 0 Å². The molecule has 4 heterocycles. The van der Waals surface area contributed by atoms with Crippen molar-refractivity contribution in [2.24, 2.45) is 0 Å². The Morgan fingerprint density at radius 1 is 0.288 bits per heavy atom. The summed E-state index contributed by atoms with van der Waals surface area (Å²) >= 11 is 3.74. The summed E-state index contributed by atoms with van der Waals surface area (Å²) in [6, 6.07) is 73.6. The number of thiophene rings is 1. The lowest BCUT2D eigenvalue weighted by molar-refractivity contribution is 1.13. The van der Waals surface area contributed by atoms with Crippen molar-refractivity contribution in [3.05, 3.63) is 200 Å². The van der Waals surface area contributed by atoms with Crippen molar-refractivity contribution in [1.82, 2.24) is 13.7 Å². The van der Waals surface area contributed by atoms with E-state index in [0.29, 0.717) is 0 Å². The van der Waals surface area contributed by atoms with Gasteiger partial charge in [0, 0.05) is 79.3 Å². The minimum absolute atomic E-state index is 1.14. The highest BCUT2D eigenvalue weighted by Gasteiger charge is 2.21. The van der Waals surface area contributed by atoms with Crippen molar-refractivity contribution in [1.29, 1.82) is 0 Å². The maximum atomic E-state index is 2.46. The lowest BCUT2D eigenvalue weighted by Crippen LogP contribution is -1.98. The minimum Gasteiger partial charge on any atom is -0.309 e. The molecule has 0 amide bonds. The molecule has 0 aliphatic heterocycles.